The van der Waals surface area contributed by atoms with E-state index in [0.717, 1.165) is 30.8 Å². The first-order chi connectivity index (χ1) is 11.8. The summed E-state index contributed by atoms with van der Waals surface area (Å²) < 4.78 is 0. The van der Waals surface area contributed by atoms with E-state index in [1.54, 1.807) is 0 Å². The quantitative estimate of drug-likeness (QED) is 0.602. The summed E-state index contributed by atoms with van der Waals surface area (Å²) in [6.45, 7) is 5.98. The largest absolute Gasteiger partial charge is 0.385 e. The first-order valence-electron chi connectivity index (χ1n) is 8.34. The Morgan fingerprint density at radius 1 is 1.04 bits per heavy atom. The van der Waals surface area contributed by atoms with Crippen LogP contribution >= 0.6 is 0 Å². The van der Waals surface area contributed by atoms with Gasteiger partial charge in [-0.25, -0.2) is 4.79 Å². The van der Waals surface area contributed by atoms with Gasteiger partial charge < -0.3 is 15.5 Å². The van der Waals surface area contributed by atoms with E-state index in [9.17, 15) is 4.79 Å². The first kappa shape index (κ1) is 16.1. The maximum absolute atomic E-state index is 12.4. The molecule has 0 fully saturated rings. The van der Waals surface area contributed by atoms with Crippen molar-refractivity contribution in [3.8, 4) is 0 Å². The maximum Gasteiger partial charge on any atom is 0.322 e. The van der Waals surface area contributed by atoms with Crippen molar-refractivity contribution in [1.29, 1.82) is 0 Å². The van der Waals surface area contributed by atoms with Gasteiger partial charge in [-0.2, -0.15) is 0 Å². The molecule has 0 atom stereocenters. The number of benzene rings is 2. The highest BCUT2D eigenvalue weighted by Crippen LogP contribution is 2.23. The van der Waals surface area contributed by atoms with Crippen LogP contribution in [0, 0.1) is 0 Å². The smallest absolute Gasteiger partial charge is 0.322 e. The van der Waals surface area contributed by atoms with Crippen LogP contribution in [0.1, 0.15) is 24.0 Å². The molecule has 2 amide bonds. The molecule has 0 bridgehead atoms. The highest BCUT2D eigenvalue weighted by atomic mass is 16.2. The number of hydrogen-bond donors (Lipinski definition) is 2. The lowest BCUT2D eigenvalue weighted by Gasteiger charge is -2.16. The molecule has 0 saturated heterocycles. The van der Waals surface area contributed by atoms with Crippen LogP contribution in [0.15, 0.2) is 61.2 Å². The van der Waals surface area contributed by atoms with E-state index >= 15 is 0 Å². The monoisotopic (exact) mass is 321 g/mol. The van der Waals surface area contributed by atoms with Gasteiger partial charge in [-0.1, -0.05) is 30.3 Å². The van der Waals surface area contributed by atoms with Gasteiger partial charge in [0.1, 0.15) is 0 Å². The highest BCUT2D eigenvalue weighted by Gasteiger charge is 2.22. The van der Waals surface area contributed by atoms with Crippen molar-refractivity contribution in [2.45, 2.75) is 25.9 Å². The van der Waals surface area contributed by atoms with Crippen molar-refractivity contribution in [1.82, 2.24) is 4.90 Å². The van der Waals surface area contributed by atoms with Gasteiger partial charge in [0, 0.05) is 31.0 Å². The van der Waals surface area contributed by atoms with Gasteiger partial charge in [-0.05, 0) is 48.2 Å². The summed E-state index contributed by atoms with van der Waals surface area (Å²) in [4.78, 5) is 14.2. The summed E-state index contributed by atoms with van der Waals surface area (Å²) in [7, 11) is 0. The van der Waals surface area contributed by atoms with Crippen LogP contribution in [-0.4, -0.2) is 17.5 Å². The molecule has 1 aliphatic rings. The molecule has 4 heteroatoms. The first-order valence-corrected chi connectivity index (χ1v) is 8.34. The van der Waals surface area contributed by atoms with Crippen molar-refractivity contribution in [3.63, 3.8) is 0 Å². The molecular formula is C20H23N3O. The van der Waals surface area contributed by atoms with Gasteiger partial charge in [-0.15, -0.1) is 6.58 Å². The molecule has 0 radical (unpaired) electrons. The van der Waals surface area contributed by atoms with Crippen LogP contribution in [0.4, 0.5) is 16.2 Å². The molecule has 2 aromatic carbocycles. The Morgan fingerprint density at radius 3 is 2.29 bits per heavy atom. The Hall–Kier alpha value is -2.75. The number of carbonyl (C=O) groups excluding carboxylic acids is 1. The topological polar surface area (TPSA) is 44.4 Å². The van der Waals surface area contributed by atoms with Gasteiger partial charge in [0.2, 0.25) is 0 Å². The van der Waals surface area contributed by atoms with Crippen molar-refractivity contribution < 1.29 is 4.79 Å². The Kier molecular flexibility index (Phi) is 5.16. The summed E-state index contributed by atoms with van der Waals surface area (Å²) >= 11 is 0. The molecule has 0 aliphatic carbocycles. The molecular weight excluding hydrogens is 298 g/mol. The number of anilines is 2. The molecule has 2 aromatic rings. The molecule has 0 unspecified atom stereocenters. The summed E-state index contributed by atoms with van der Waals surface area (Å²) in [5, 5.41) is 6.32. The van der Waals surface area contributed by atoms with Crippen molar-refractivity contribution >= 4 is 17.4 Å². The van der Waals surface area contributed by atoms with Crippen LogP contribution in [0.5, 0.6) is 0 Å². The fourth-order valence-corrected chi connectivity index (χ4v) is 2.83. The molecule has 3 rings (SSSR count). The molecule has 4 nitrogen and oxygen atoms in total. The summed E-state index contributed by atoms with van der Waals surface area (Å²) in [6, 6.07) is 16.0. The number of fused-ring (bicyclic) bond motifs is 1. The van der Waals surface area contributed by atoms with Gasteiger partial charge >= 0.3 is 6.03 Å². The molecule has 1 heterocycles. The van der Waals surface area contributed by atoms with Gasteiger partial charge in [-0.3, -0.25) is 0 Å². The highest BCUT2D eigenvalue weighted by molar-refractivity contribution is 5.89. The average molecular weight is 321 g/mol. The lowest BCUT2D eigenvalue weighted by molar-refractivity contribution is 0.212. The third-order valence-corrected chi connectivity index (χ3v) is 4.18. The number of rotatable bonds is 6. The Balaban J connectivity index is 1.51. The second-order valence-corrected chi connectivity index (χ2v) is 5.99. The Morgan fingerprint density at radius 2 is 1.67 bits per heavy atom. The lowest BCUT2D eigenvalue weighted by Crippen LogP contribution is -2.30. The minimum Gasteiger partial charge on any atom is -0.385 e. The number of nitrogens with one attached hydrogen (secondary N) is 2. The zero-order valence-electron chi connectivity index (χ0n) is 13.8. The number of amides is 2. The lowest BCUT2D eigenvalue weighted by atomic mass is 10.1. The molecule has 0 spiro atoms. The van der Waals surface area contributed by atoms with Gasteiger partial charge in [0.05, 0.1) is 0 Å². The van der Waals surface area contributed by atoms with Crippen LogP contribution in [-0.2, 0) is 13.1 Å². The van der Waals surface area contributed by atoms with E-state index in [1.165, 1.54) is 11.1 Å². The van der Waals surface area contributed by atoms with Crippen molar-refractivity contribution in [3.05, 3.63) is 72.3 Å². The third kappa shape index (κ3) is 3.96. The molecule has 0 aromatic heterocycles. The second-order valence-electron chi connectivity index (χ2n) is 5.99. The Labute approximate surface area is 143 Å². The summed E-state index contributed by atoms with van der Waals surface area (Å²) in [5.74, 6) is 0. The number of carbonyl (C=O) groups is 1. The molecule has 2 N–H and O–H groups in total. The van der Waals surface area contributed by atoms with E-state index in [1.807, 2.05) is 47.4 Å². The SMILES string of the molecule is C=CCCCNc1ccc(NC(=O)N2Cc3ccccc3C2)cc1. The molecule has 124 valence electrons. The summed E-state index contributed by atoms with van der Waals surface area (Å²) in [5.41, 5.74) is 4.33. The molecule has 1 aliphatic heterocycles. The average Bonchev–Trinajstić information content (AvgIpc) is 3.04. The van der Waals surface area contributed by atoms with Crippen LogP contribution < -0.4 is 10.6 Å². The maximum atomic E-state index is 12.4. The van der Waals surface area contributed by atoms with Gasteiger partial charge in [0.25, 0.3) is 0 Å². The zero-order valence-corrected chi connectivity index (χ0v) is 13.8. The van der Waals surface area contributed by atoms with E-state index in [2.05, 4.69) is 29.3 Å². The Bertz CT molecular complexity index is 684. The van der Waals surface area contributed by atoms with Crippen molar-refractivity contribution in [2.75, 3.05) is 17.2 Å². The fourth-order valence-electron chi connectivity index (χ4n) is 2.83. The van der Waals surface area contributed by atoms with E-state index in [-0.39, 0.29) is 6.03 Å². The van der Waals surface area contributed by atoms with E-state index in [4.69, 9.17) is 0 Å². The molecule has 24 heavy (non-hydrogen) atoms. The standard InChI is InChI=1S/C20H23N3O/c1-2-3-6-13-21-18-9-11-19(12-10-18)22-20(24)23-14-16-7-4-5-8-17(16)15-23/h2,4-5,7-12,21H,1,3,6,13-15H2,(H,22,24). The predicted octanol–water partition coefficient (Wildman–Crippen LogP) is 4.61. The van der Waals surface area contributed by atoms with E-state index in [0.29, 0.717) is 13.1 Å². The summed E-state index contributed by atoms with van der Waals surface area (Å²) in [6.07, 6.45) is 4.01. The number of nitrogens with zero attached hydrogens (tertiary/aromatic N) is 1. The normalized spacial score (nSPS) is 12.6. The van der Waals surface area contributed by atoms with Gasteiger partial charge in [0.15, 0.2) is 0 Å². The minimum absolute atomic E-state index is 0.0575. The van der Waals surface area contributed by atoms with E-state index < -0.39 is 0 Å². The zero-order chi connectivity index (χ0) is 16.8. The number of allylic oxidation sites excluding steroid dienone is 1. The van der Waals surface area contributed by atoms with Crippen LogP contribution in [0.2, 0.25) is 0 Å². The van der Waals surface area contributed by atoms with Crippen molar-refractivity contribution in [2.24, 2.45) is 0 Å². The number of urea groups is 1. The minimum atomic E-state index is -0.0575. The number of hydrogen-bond acceptors (Lipinski definition) is 2. The predicted molar refractivity (Wildman–Crippen MR) is 99.1 cm³/mol. The molecule has 0 saturated carbocycles. The van der Waals surface area contributed by atoms with Crippen LogP contribution in [0.25, 0.3) is 0 Å². The van der Waals surface area contributed by atoms with Crippen LogP contribution in [0.3, 0.4) is 0 Å². The second kappa shape index (κ2) is 7.68. The third-order valence-electron chi connectivity index (χ3n) is 4.18. The fraction of sp³-hybridized carbons (Fsp3) is 0.250. The number of unbranched alkanes of at least 4 members (excludes halogenated alkanes) is 1.